The van der Waals surface area contributed by atoms with E-state index in [-0.39, 0.29) is 12.0 Å². The second kappa shape index (κ2) is 7.05. The van der Waals surface area contributed by atoms with Crippen molar-refractivity contribution in [1.82, 2.24) is 5.32 Å². The molecule has 0 heterocycles. The zero-order chi connectivity index (χ0) is 17.0. The van der Waals surface area contributed by atoms with Crippen LogP contribution in [-0.2, 0) is 11.2 Å². The van der Waals surface area contributed by atoms with Gasteiger partial charge in [-0.2, -0.15) is 0 Å². The lowest BCUT2D eigenvalue weighted by Gasteiger charge is -2.18. The number of carbonyl (C=O) groups is 2. The first-order valence-electron chi connectivity index (χ1n) is 7.30. The molecule has 0 saturated carbocycles. The largest absolute Gasteiger partial charge is 0.368 e. The maximum atomic E-state index is 13.7. The highest BCUT2D eigenvalue weighted by Gasteiger charge is 2.22. The van der Waals surface area contributed by atoms with Crippen LogP contribution in [0.2, 0.25) is 0 Å². The summed E-state index contributed by atoms with van der Waals surface area (Å²) in [6.45, 7) is 3.86. The SMILES string of the molecule is Cc1cccc(C)c1C[C@H](NC(=O)c1ccccc1F)C(N)=O. The van der Waals surface area contributed by atoms with Crippen molar-refractivity contribution in [2.45, 2.75) is 26.3 Å². The first kappa shape index (κ1) is 16.7. The predicted molar refractivity (Wildman–Crippen MR) is 86.5 cm³/mol. The Hall–Kier alpha value is -2.69. The van der Waals surface area contributed by atoms with Crippen LogP contribution in [0.5, 0.6) is 0 Å². The van der Waals surface area contributed by atoms with Gasteiger partial charge in [-0.15, -0.1) is 0 Å². The molecule has 0 fully saturated rings. The topological polar surface area (TPSA) is 72.2 Å². The average molecular weight is 314 g/mol. The van der Waals surface area contributed by atoms with Crippen molar-refractivity contribution in [2.24, 2.45) is 5.73 Å². The van der Waals surface area contributed by atoms with E-state index in [1.54, 1.807) is 6.07 Å². The fourth-order valence-electron chi connectivity index (χ4n) is 2.48. The van der Waals surface area contributed by atoms with E-state index in [1.807, 2.05) is 32.0 Å². The first-order chi connectivity index (χ1) is 10.9. The van der Waals surface area contributed by atoms with Crippen LogP contribution < -0.4 is 11.1 Å². The predicted octanol–water partition coefficient (Wildman–Crippen LogP) is 2.27. The number of amides is 2. The molecule has 120 valence electrons. The van der Waals surface area contributed by atoms with E-state index < -0.39 is 23.7 Å². The lowest BCUT2D eigenvalue weighted by atomic mass is 9.96. The average Bonchev–Trinajstić information content (AvgIpc) is 2.50. The van der Waals surface area contributed by atoms with Gasteiger partial charge in [0.1, 0.15) is 11.9 Å². The summed E-state index contributed by atoms with van der Waals surface area (Å²) >= 11 is 0. The normalized spacial score (nSPS) is 11.8. The third-order valence-electron chi connectivity index (χ3n) is 3.82. The number of aryl methyl sites for hydroxylation is 2. The fourth-order valence-corrected chi connectivity index (χ4v) is 2.48. The van der Waals surface area contributed by atoms with Gasteiger partial charge in [0.25, 0.3) is 5.91 Å². The molecule has 2 aromatic rings. The highest BCUT2D eigenvalue weighted by Crippen LogP contribution is 2.16. The summed E-state index contributed by atoms with van der Waals surface area (Å²) in [5, 5.41) is 2.52. The number of nitrogens with two attached hydrogens (primary N) is 1. The minimum absolute atomic E-state index is 0.111. The number of carbonyl (C=O) groups excluding carboxylic acids is 2. The highest BCUT2D eigenvalue weighted by molar-refractivity contribution is 5.97. The van der Waals surface area contributed by atoms with Gasteiger partial charge in [0.2, 0.25) is 5.91 Å². The number of nitrogens with one attached hydrogen (secondary N) is 1. The molecule has 0 aliphatic carbocycles. The van der Waals surface area contributed by atoms with Crippen LogP contribution in [0.25, 0.3) is 0 Å². The Morgan fingerprint density at radius 2 is 1.70 bits per heavy atom. The van der Waals surface area contributed by atoms with E-state index in [4.69, 9.17) is 5.73 Å². The molecule has 0 bridgehead atoms. The smallest absolute Gasteiger partial charge is 0.254 e. The van der Waals surface area contributed by atoms with E-state index in [0.29, 0.717) is 0 Å². The Morgan fingerprint density at radius 1 is 1.09 bits per heavy atom. The van der Waals surface area contributed by atoms with Crippen LogP contribution in [0, 0.1) is 19.7 Å². The molecule has 0 aromatic heterocycles. The summed E-state index contributed by atoms with van der Waals surface area (Å²) in [5.74, 6) is -1.95. The van der Waals surface area contributed by atoms with Crippen molar-refractivity contribution in [1.29, 1.82) is 0 Å². The maximum absolute atomic E-state index is 13.7. The van der Waals surface area contributed by atoms with E-state index >= 15 is 0 Å². The van der Waals surface area contributed by atoms with Crippen molar-refractivity contribution in [3.8, 4) is 0 Å². The lowest BCUT2D eigenvalue weighted by Crippen LogP contribution is -2.46. The van der Waals surface area contributed by atoms with Gasteiger partial charge in [-0.05, 0) is 42.7 Å². The van der Waals surface area contributed by atoms with Gasteiger partial charge in [-0.1, -0.05) is 30.3 Å². The Balaban J connectivity index is 2.22. The van der Waals surface area contributed by atoms with Crippen LogP contribution >= 0.6 is 0 Å². The van der Waals surface area contributed by atoms with Crippen molar-refractivity contribution < 1.29 is 14.0 Å². The lowest BCUT2D eigenvalue weighted by molar-refractivity contribution is -0.119. The van der Waals surface area contributed by atoms with Crippen LogP contribution in [0.15, 0.2) is 42.5 Å². The number of benzene rings is 2. The molecule has 0 aliphatic heterocycles. The third-order valence-corrected chi connectivity index (χ3v) is 3.82. The molecule has 2 aromatic carbocycles. The molecule has 23 heavy (non-hydrogen) atoms. The summed E-state index contributed by atoms with van der Waals surface area (Å²) < 4.78 is 13.7. The monoisotopic (exact) mass is 314 g/mol. The van der Waals surface area contributed by atoms with Gasteiger partial charge in [-0.3, -0.25) is 9.59 Å². The van der Waals surface area contributed by atoms with Crippen LogP contribution in [0.3, 0.4) is 0 Å². The quantitative estimate of drug-likeness (QED) is 0.888. The summed E-state index contributed by atoms with van der Waals surface area (Å²) in [7, 11) is 0. The molecule has 1 atom stereocenters. The van der Waals surface area contributed by atoms with E-state index in [2.05, 4.69) is 5.32 Å². The molecule has 0 aliphatic rings. The Bertz CT molecular complexity index is 723. The molecule has 4 nitrogen and oxygen atoms in total. The summed E-state index contributed by atoms with van der Waals surface area (Å²) in [6.07, 6.45) is 0.272. The molecule has 2 amide bonds. The number of rotatable bonds is 5. The molecule has 0 saturated heterocycles. The van der Waals surface area contributed by atoms with Crippen molar-refractivity contribution >= 4 is 11.8 Å². The zero-order valence-corrected chi connectivity index (χ0v) is 13.1. The molecule has 0 unspecified atom stereocenters. The Kier molecular flexibility index (Phi) is 5.11. The zero-order valence-electron chi connectivity index (χ0n) is 13.1. The minimum Gasteiger partial charge on any atom is -0.368 e. The van der Waals surface area contributed by atoms with Gasteiger partial charge in [0, 0.05) is 6.42 Å². The highest BCUT2D eigenvalue weighted by atomic mass is 19.1. The van der Waals surface area contributed by atoms with Gasteiger partial charge in [-0.25, -0.2) is 4.39 Å². The fraction of sp³-hybridized carbons (Fsp3) is 0.222. The molecular weight excluding hydrogens is 295 g/mol. The summed E-state index contributed by atoms with van der Waals surface area (Å²) in [4.78, 5) is 23.9. The first-order valence-corrected chi connectivity index (χ1v) is 7.30. The number of hydrogen-bond donors (Lipinski definition) is 2. The van der Waals surface area contributed by atoms with Crippen LogP contribution in [-0.4, -0.2) is 17.9 Å². The van der Waals surface area contributed by atoms with Gasteiger partial charge >= 0.3 is 0 Å². The Labute approximate surface area is 134 Å². The third kappa shape index (κ3) is 3.94. The molecular formula is C18H19FN2O2. The van der Waals surface area contributed by atoms with Crippen LogP contribution in [0.1, 0.15) is 27.0 Å². The summed E-state index contributed by atoms with van der Waals surface area (Å²) in [5.41, 5.74) is 8.26. The number of primary amides is 1. The van der Waals surface area contributed by atoms with Crippen molar-refractivity contribution in [2.75, 3.05) is 0 Å². The van der Waals surface area contributed by atoms with Crippen molar-refractivity contribution in [3.05, 3.63) is 70.5 Å². The molecule has 0 spiro atoms. The number of hydrogen-bond acceptors (Lipinski definition) is 2. The summed E-state index contributed by atoms with van der Waals surface area (Å²) in [6, 6.07) is 10.5. The van der Waals surface area contributed by atoms with Gasteiger partial charge < -0.3 is 11.1 Å². The molecule has 2 rings (SSSR count). The van der Waals surface area contributed by atoms with Gasteiger partial charge in [0.15, 0.2) is 0 Å². The Morgan fingerprint density at radius 3 is 2.26 bits per heavy atom. The standard InChI is InChI=1S/C18H19FN2O2/c1-11-6-5-7-12(2)14(11)10-16(17(20)22)21-18(23)13-8-3-4-9-15(13)19/h3-9,16H,10H2,1-2H3,(H2,20,22)(H,21,23)/t16-/m0/s1. The second-order valence-electron chi connectivity index (χ2n) is 5.48. The molecule has 5 heteroatoms. The van der Waals surface area contributed by atoms with E-state index in [0.717, 1.165) is 16.7 Å². The van der Waals surface area contributed by atoms with E-state index in [1.165, 1.54) is 18.2 Å². The second-order valence-corrected chi connectivity index (χ2v) is 5.48. The number of halogens is 1. The maximum Gasteiger partial charge on any atom is 0.254 e. The van der Waals surface area contributed by atoms with E-state index in [9.17, 15) is 14.0 Å². The minimum atomic E-state index is -0.901. The van der Waals surface area contributed by atoms with Gasteiger partial charge in [0.05, 0.1) is 5.56 Å². The molecule has 0 radical (unpaired) electrons. The van der Waals surface area contributed by atoms with Crippen molar-refractivity contribution in [3.63, 3.8) is 0 Å². The van der Waals surface area contributed by atoms with Crippen LogP contribution in [0.4, 0.5) is 4.39 Å². The molecule has 3 N–H and O–H groups in total.